The van der Waals surface area contributed by atoms with E-state index in [4.69, 9.17) is 4.74 Å². The first kappa shape index (κ1) is 21.7. The number of benzene rings is 1. The van der Waals surface area contributed by atoms with Crippen molar-refractivity contribution in [1.29, 1.82) is 0 Å². The van der Waals surface area contributed by atoms with E-state index in [2.05, 4.69) is 56.8 Å². The first-order valence-corrected chi connectivity index (χ1v) is 11.9. The van der Waals surface area contributed by atoms with Crippen LogP contribution in [0, 0.1) is 12.3 Å². The van der Waals surface area contributed by atoms with Gasteiger partial charge >= 0.3 is 5.97 Å². The molecule has 3 rings (SSSR count). The molecule has 1 heterocycles. The van der Waals surface area contributed by atoms with Gasteiger partial charge in [-0.2, -0.15) is 0 Å². The van der Waals surface area contributed by atoms with E-state index >= 15 is 0 Å². The van der Waals surface area contributed by atoms with E-state index < -0.39 is 0 Å². The van der Waals surface area contributed by atoms with Gasteiger partial charge in [-0.1, -0.05) is 57.5 Å². The lowest BCUT2D eigenvalue weighted by Gasteiger charge is -2.28. The van der Waals surface area contributed by atoms with Crippen LogP contribution in [0.1, 0.15) is 47.6 Å². The second-order valence-corrected chi connectivity index (χ2v) is 10.3. The van der Waals surface area contributed by atoms with Crippen LogP contribution in [0.15, 0.2) is 32.5 Å². The number of carbonyl (C=O) groups is 2. The van der Waals surface area contributed by atoms with Crippen LogP contribution < -0.4 is 0 Å². The number of hydrogen-bond acceptors (Lipinski definition) is 4. The Morgan fingerprint density at radius 3 is 2.79 bits per heavy atom. The number of aromatic nitrogens is 1. The Kier molecular flexibility index (Phi) is 6.77. The van der Waals surface area contributed by atoms with E-state index in [0.29, 0.717) is 19.4 Å². The molecule has 0 fully saturated rings. The van der Waals surface area contributed by atoms with E-state index in [1.165, 1.54) is 0 Å². The molecule has 4 nitrogen and oxygen atoms in total. The van der Waals surface area contributed by atoms with Gasteiger partial charge in [0.25, 0.3) is 0 Å². The van der Waals surface area contributed by atoms with E-state index in [9.17, 15) is 9.59 Å². The number of aryl methyl sites for hydroxylation is 1. The molecule has 0 unspecified atom stereocenters. The van der Waals surface area contributed by atoms with Crippen LogP contribution >= 0.6 is 43.6 Å². The van der Waals surface area contributed by atoms with Crippen molar-refractivity contribution in [2.45, 2.75) is 49.8 Å². The van der Waals surface area contributed by atoms with E-state index in [1.807, 2.05) is 19.1 Å². The SMILES string of the molecule is Cc1[nH]c2c(c1Sc1ccc(Br)c(CCOC(=O)CBr)c1)C(=O)CC(C)(C)C2. The maximum Gasteiger partial charge on any atom is 0.316 e. The number of halogens is 2. The van der Waals surface area contributed by atoms with E-state index in [0.717, 1.165) is 43.2 Å². The molecule has 150 valence electrons. The Hall–Kier alpha value is -1.05. The zero-order valence-electron chi connectivity index (χ0n) is 16.2. The summed E-state index contributed by atoms with van der Waals surface area (Å²) in [5.41, 5.74) is 4.03. The van der Waals surface area contributed by atoms with Crippen molar-refractivity contribution in [1.82, 2.24) is 4.98 Å². The normalized spacial score (nSPS) is 15.4. The second kappa shape index (κ2) is 8.76. The third kappa shape index (κ3) is 4.92. The zero-order valence-corrected chi connectivity index (χ0v) is 20.1. The molecule has 2 aromatic rings. The standard InChI is InChI=1S/C21H23Br2NO3S/c1-12-20(19-16(24-12)9-21(2,3)10-17(19)25)28-14-4-5-15(23)13(8-14)6-7-27-18(26)11-22/h4-5,8,24H,6-7,9-11H2,1-3H3. The maximum atomic E-state index is 12.8. The molecule has 1 aliphatic rings. The molecular weight excluding hydrogens is 506 g/mol. The molecule has 28 heavy (non-hydrogen) atoms. The summed E-state index contributed by atoms with van der Waals surface area (Å²) in [6.45, 7) is 6.64. The summed E-state index contributed by atoms with van der Waals surface area (Å²) < 4.78 is 6.14. The number of alkyl halides is 1. The lowest BCUT2D eigenvalue weighted by molar-refractivity contribution is -0.140. The second-order valence-electron chi connectivity index (χ2n) is 7.83. The molecule has 0 spiro atoms. The quantitative estimate of drug-likeness (QED) is 0.376. The molecule has 1 N–H and O–H groups in total. The van der Waals surface area contributed by atoms with Gasteiger partial charge in [-0.15, -0.1) is 0 Å². The molecule has 0 amide bonds. The lowest BCUT2D eigenvalue weighted by atomic mass is 9.76. The molecule has 0 radical (unpaired) electrons. The largest absolute Gasteiger partial charge is 0.465 e. The minimum absolute atomic E-state index is 0.000652. The summed E-state index contributed by atoms with van der Waals surface area (Å²) in [6, 6.07) is 6.13. The number of hydrogen-bond donors (Lipinski definition) is 1. The number of ketones is 1. The van der Waals surface area contributed by atoms with Gasteiger partial charge in [-0.3, -0.25) is 9.59 Å². The number of fused-ring (bicyclic) bond motifs is 1. The number of Topliss-reactive ketones (excluding diaryl/α,β-unsaturated/α-hetero) is 1. The highest BCUT2D eigenvalue weighted by Crippen LogP contribution is 2.42. The van der Waals surface area contributed by atoms with Crippen molar-refractivity contribution in [3.8, 4) is 0 Å². The van der Waals surface area contributed by atoms with Crippen LogP contribution in [0.2, 0.25) is 0 Å². The van der Waals surface area contributed by atoms with Gasteiger partial charge in [0.2, 0.25) is 0 Å². The molecule has 0 atom stereocenters. The fourth-order valence-corrected chi connectivity index (χ4v) is 5.25. The summed E-state index contributed by atoms with van der Waals surface area (Å²) in [5.74, 6) is -0.0465. The van der Waals surface area contributed by atoms with Gasteiger partial charge < -0.3 is 9.72 Å². The molecule has 0 bridgehead atoms. The average Bonchev–Trinajstić information content (AvgIpc) is 2.91. The summed E-state index contributed by atoms with van der Waals surface area (Å²) in [7, 11) is 0. The van der Waals surface area contributed by atoms with Gasteiger partial charge in [0.05, 0.1) is 12.2 Å². The van der Waals surface area contributed by atoms with Crippen LogP contribution in [-0.2, 0) is 22.4 Å². The summed E-state index contributed by atoms with van der Waals surface area (Å²) in [5, 5.41) is 0.201. The molecule has 1 aliphatic carbocycles. The average molecular weight is 529 g/mol. The van der Waals surface area contributed by atoms with Crippen LogP contribution in [0.25, 0.3) is 0 Å². The van der Waals surface area contributed by atoms with Crippen molar-refractivity contribution in [2.75, 3.05) is 11.9 Å². The number of nitrogens with one attached hydrogen (secondary N) is 1. The topological polar surface area (TPSA) is 59.2 Å². The Balaban J connectivity index is 1.81. The first-order chi connectivity index (χ1) is 13.2. The number of H-pyrrole nitrogens is 1. The summed E-state index contributed by atoms with van der Waals surface area (Å²) in [6.07, 6.45) is 2.10. The van der Waals surface area contributed by atoms with Crippen molar-refractivity contribution >= 4 is 55.4 Å². The third-order valence-corrected chi connectivity index (χ3v) is 7.20. The molecule has 1 aromatic carbocycles. The number of ether oxygens (including phenoxy) is 1. The van der Waals surface area contributed by atoms with Gasteiger partial charge in [0.1, 0.15) is 5.33 Å². The van der Waals surface area contributed by atoms with Gasteiger partial charge in [-0.25, -0.2) is 0 Å². The fraction of sp³-hybridized carbons (Fsp3) is 0.429. The van der Waals surface area contributed by atoms with Crippen molar-refractivity contribution in [3.63, 3.8) is 0 Å². The number of carbonyl (C=O) groups excluding carboxylic acids is 2. The van der Waals surface area contributed by atoms with Gasteiger partial charge in [0.15, 0.2) is 5.78 Å². The molecule has 0 saturated heterocycles. The lowest BCUT2D eigenvalue weighted by Crippen LogP contribution is -2.26. The molecule has 0 aliphatic heterocycles. The van der Waals surface area contributed by atoms with E-state index in [1.54, 1.807) is 11.8 Å². The van der Waals surface area contributed by atoms with Crippen molar-refractivity contribution in [3.05, 3.63) is 45.2 Å². The first-order valence-electron chi connectivity index (χ1n) is 9.12. The van der Waals surface area contributed by atoms with Gasteiger partial charge in [-0.05, 0) is 42.5 Å². The summed E-state index contributed by atoms with van der Waals surface area (Å²) >= 11 is 8.28. The number of rotatable bonds is 6. The Labute approximate surface area is 186 Å². The Bertz CT molecular complexity index is 921. The molecule has 7 heteroatoms. The highest BCUT2D eigenvalue weighted by molar-refractivity contribution is 9.10. The molecular formula is C21H23Br2NO3S. The van der Waals surface area contributed by atoms with Crippen LogP contribution in [-0.4, -0.2) is 28.7 Å². The molecule has 1 aromatic heterocycles. The predicted molar refractivity (Wildman–Crippen MR) is 119 cm³/mol. The minimum atomic E-state index is -0.266. The van der Waals surface area contributed by atoms with Gasteiger partial charge in [0, 0.05) is 38.5 Å². The van der Waals surface area contributed by atoms with Crippen molar-refractivity contribution < 1.29 is 14.3 Å². The van der Waals surface area contributed by atoms with Crippen LogP contribution in [0.3, 0.4) is 0 Å². The zero-order chi connectivity index (χ0) is 20.5. The maximum absolute atomic E-state index is 12.8. The molecule has 0 saturated carbocycles. The van der Waals surface area contributed by atoms with Crippen molar-refractivity contribution in [2.24, 2.45) is 5.41 Å². The van der Waals surface area contributed by atoms with E-state index in [-0.39, 0.29) is 22.5 Å². The highest BCUT2D eigenvalue weighted by atomic mass is 79.9. The fourth-order valence-electron chi connectivity index (χ4n) is 3.53. The third-order valence-electron chi connectivity index (χ3n) is 4.76. The predicted octanol–water partition coefficient (Wildman–Crippen LogP) is 5.87. The summed E-state index contributed by atoms with van der Waals surface area (Å²) in [4.78, 5) is 29.6. The minimum Gasteiger partial charge on any atom is -0.465 e. The Morgan fingerprint density at radius 2 is 2.07 bits per heavy atom. The van der Waals surface area contributed by atoms with Crippen LogP contribution in [0.5, 0.6) is 0 Å². The highest BCUT2D eigenvalue weighted by Gasteiger charge is 2.35. The monoisotopic (exact) mass is 527 g/mol. The smallest absolute Gasteiger partial charge is 0.316 e. The number of esters is 1. The Morgan fingerprint density at radius 1 is 1.32 bits per heavy atom. The van der Waals surface area contributed by atoms with Crippen LogP contribution in [0.4, 0.5) is 0 Å². The number of aromatic amines is 1.